The summed E-state index contributed by atoms with van der Waals surface area (Å²) in [7, 11) is 0. The monoisotopic (exact) mass is 302 g/mol. The van der Waals surface area contributed by atoms with Crippen LogP contribution < -0.4 is 5.32 Å². The van der Waals surface area contributed by atoms with E-state index in [1.807, 2.05) is 0 Å². The Bertz CT molecular complexity index is 571. The summed E-state index contributed by atoms with van der Waals surface area (Å²) in [5, 5.41) is 11.2. The minimum atomic E-state index is -1.61. The Morgan fingerprint density at radius 3 is 2.29 bits per heavy atom. The molecule has 5 nitrogen and oxygen atoms in total. The second-order valence-electron chi connectivity index (χ2n) is 5.01. The van der Waals surface area contributed by atoms with Gasteiger partial charge in [-0.15, -0.1) is 0 Å². The van der Waals surface area contributed by atoms with Crippen molar-refractivity contribution >= 4 is 17.7 Å². The minimum absolute atomic E-state index is 0.00842. The van der Waals surface area contributed by atoms with Gasteiger partial charge in [-0.1, -0.05) is 6.92 Å². The van der Waals surface area contributed by atoms with E-state index in [2.05, 4.69) is 5.32 Å². The molecule has 0 radical (unpaired) electrons. The van der Waals surface area contributed by atoms with Crippen molar-refractivity contribution in [1.29, 1.82) is 0 Å². The molecule has 0 saturated carbocycles. The molecule has 0 aromatic heterocycles. The maximum absolute atomic E-state index is 13.1. The number of nitrogens with one attached hydrogen (secondary N) is 1. The number of carbonyl (C=O) groups excluding carboxylic acids is 1. The summed E-state index contributed by atoms with van der Waals surface area (Å²) in [4.78, 5) is 24.0. The number of nitrogens with zero attached hydrogens (tertiary/aromatic N) is 1. The van der Waals surface area contributed by atoms with E-state index < -0.39 is 35.4 Å². The average Bonchev–Trinajstić information content (AvgIpc) is 2.78. The van der Waals surface area contributed by atoms with E-state index in [0.29, 0.717) is 12.1 Å². The van der Waals surface area contributed by atoms with Crippen molar-refractivity contribution in [1.82, 2.24) is 4.90 Å². The zero-order chi connectivity index (χ0) is 15.7. The van der Waals surface area contributed by atoms with Gasteiger partial charge in [-0.3, -0.25) is 4.79 Å². The van der Waals surface area contributed by atoms with Crippen molar-refractivity contribution in [3.8, 4) is 0 Å². The van der Waals surface area contributed by atoms with Gasteiger partial charge in [-0.2, -0.15) is 0 Å². The molecule has 0 unspecified atom stereocenters. The molecule has 0 spiro atoms. The molecular formula is C13H13F3N2O3. The predicted octanol–water partition coefficient (Wildman–Crippen LogP) is 2.29. The number of hydrogen-bond acceptors (Lipinski definition) is 2. The van der Waals surface area contributed by atoms with E-state index in [4.69, 9.17) is 5.11 Å². The highest BCUT2D eigenvalue weighted by Crippen LogP contribution is 2.25. The summed E-state index contributed by atoms with van der Waals surface area (Å²) >= 11 is 0. The molecule has 21 heavy (non-hydrogen) atoms. The third-order valence-electron chi connectivity index (χ3n) is 3.47. The van der Waals surface area contributed by atoms with E-state index in [1.54, 1.807) is 6.92 Å². The molecule has 1 fully saturated rings. The third-order valence-corrected chi connectivity index (χ3v) is 3.47. The fourth-order valence-corrected chi connectivity index (χ4v) is 2.33. The fraction of sp³-hybridized carbons (Fsp3) is 0.385. The number of halogens is 3. The molecule has 2 rings (SSSR count). The van der Waals surface area contributed by atoms with Crippen molar-refractivity contribution < 1.29 is 27.9 Å². The highest BCUT2D eigenvalue weighted by molar-refractivity contribution is 5.93. The highest BCUT2D eigenvalue weighted by Gasteiger charge is 2.37. The maximum atomic E-state index is 13.1. The molecule has 2 atom stereocenters. The first kappa shape index (κ1) is 15.1. The van der Waals surface area contributed by atoms with E-state index in [0.717, 1.165) is 4.90 Å². The molecule has 2 N–H and O–H groups in total. The summed E-state index contributed by atoms with van der Waals surface area (Å²) in [6.45, 7) is 1.92. The largest absolute Gasteiger partial charge is 0.465 e. The van der Waals surface area contributed by atoms with Crippen LogP contribution in [0.25, 0.3) is 0 Å². The molecule has 8 heteroatoms. The van der Waals surface area contributed by atoms with Crippen LogP contribution in [0.15, 0.2) is 12.1 Å². The number of amides is 2. The van der Waals surface area contributed by atoms with Crippen LogP contribution in [0, 0.1) is 29.3 Å². The van der Waals surface area contributed by atoms with Gasteiger partial charge in [-0.05, 0) is 5.92 Å². The Labute approximate surface area is 118 Å². The predicted molar refractivity (Wildman–Crippen MR) is 67.2 cm³/mol. The number of carbonyl (C=O) groups is 2. The first-order valence-electron chi connectivity index (χ1n) is 6.23. The molecule has 1 aliphatic rings. The third kappa shape index (κ3) is 3.09. The lowest BCUT2D eigenvalue weighted by molar-refractivity contribution is -0.120. The summed E-state index contributed by atoms with van der Waals surface area (Å²) in [5.41, 5.74) is -0.211. The normalized spacial score (nSPS) is 21.4. The number of benzene rings is 1. The lowest BCUT2D eigenvalue weighted by Crippen LogP contribution is -2.30. The summed E-state index contributed by atoms with van der Waals surface area (Å²) in [6, 6.07) is 1.34. The standard InChI is InChI=1S/C13H13F3N2O3/c1-6-4-18(13(20)21)5-8(6)12(19)17-7-2-9(14)11(16)10(15)3-7/h2-3,6,8H,4-5H2,1H3,(H,17,19)(H,20,21)/t6-,8+/m0/s1. The number of anilines is 1. The molecule has 1 saturated heterocycles. The fourth-order valence-electron chi connectivity index (χ4n) is 2.33. The number of rotatable bonds is 2. The van der Waals surface area contributed by atoms with Gasteiger partial charge in [0.2, 0.25) is 5.91 Å². The minimum Gasteiger partial charge on any atom is -0.465 e. The first-order chi connectivity index (χ1) is 9.79. The smallest absolute Gasteiger partial charge is 0.407 e. The van der Waals surface area contributed by atoms with Gasteiger partial charge < -0.3 is 15.3 Å². The van der Waals surface area contributed by atoms with E-state index >= 15 is 0 Å². The van der Waals surface area contributed by atoms with Crippen molar-refractivity contribution in [3.05, 3.63) is 29.6 Å². The van der Waals surface area contributed by atoms with Crippen molar-refractivity contribution in [2.24, 2.45) is 11.8 Å². The quantitative estimate of drug-likeness (QED) is 0.824. The Hall–Kier alpha value is -2.25. The van der Waals surface area contributed by atoms with Gasteiger partial charge in [0.25, 0.3) is 0 Å². The van der Waals surface area contributed by atoms with Gasteiger partial charge in [0.05, 0.1) is 5.92 Å². The van der Waals surface area contributed by atoms with E-state index in [1.165, 1.54) is 0 Å². The van der Waals surface area contributed by atoms with Gasteiger partial charge in [0.1, 0.15) is 0 Å². The van der Waals surface area contributed by atoms with Crippen LogP contribution in [0.2, 0.25) is 0 Å². The number of carboxylic acid groups (broad SMARTS) is 1. The van der Waals surface area contributed by atoms with Crippen LogP contribution in [-0.4, -0.2) is 35.1 Å². The zero-order valence-corrected chi connectivity index (χ0v) is 11.1. The molecular weight excluding hydrogens is 289 g/mol. The zero-order valence-electron chi connectivity index (χ0n) is 11.1. The van der Waals surface area contributed by atoms with Gasteiger partial charge in [-0.25, -0.2) is 18.0 Å². The van der Waals surface area contributed by atoms with Crippen LogP contribution in [0.3, 0.4) is 0 Å². The SMILES string of the molecule is C[C@H]1CN(C(=O)O)C[C@H]1C(=O)Nc1cc(F)c(F)c(F)c1. The number of likely N-dealkylation sites (tertiary alicyclic amines) is 1. The van der Waals surface area contributed by atoms with E-state index in [-0.39, 0.29) is 24.7 Å². The van der Waals surface area contributed by atoms with Crippen LogP contribution in [-0.2, 0) is 4.79 Å². The Balaban J connectivity index is 2.10. The molecule has 1 aromatic carbocycles. The van der Waals surface area contributed by atoms with Gasteiger partial charge in [0.15, 0.2) is 17.5 Å². The molecule has 114 valence electrons. The molecule has 2 amide bonds. The van der Waals surface area contributed by atoms with Gasteiger partial charge >= 0.3 is 6.09 Å². The molecule has 0 bridgehead atoms. The maximum Gasteiger partial charge on any atom is 0.407 e. The Kier molecular flexibility index (Phi) is 4.06. The topological polar surface area (TPSA) is 69.6 Å². The summed E-state index contributed by atoms with van der Waals surface area (Å²) in [5.74, 6) is -5.83. The molecule has 1 aliphatic heterocycles. The molecule has 1 aromatic rings. The highest BCUT2D eigenvalue weighted by atomic mass is 19.2. The molecule has 0 aliphatic carbocycles. The average molecular weight is 302 g/mol. The molecule has 1 heterocycles. The van der Waals surface area contributed by atoms with Crippen molar-refractivity contribution in [2.45, 2.75) is 6.92 Å². The first-order valence-corrected chi connectivity index (χ1v) is 6.23. The van der Waals surface area contributed by atoms with Crippen LogP contribution >= 0.6 is 0 Å². The van der Waals surface area contributed by atoms with Gasteiger partial charge in [0, 0.05) is 30.9 Å². The van der Waals surface area contributed by atoms with Crippen LogP contribution in [0.1, 0.15) is 6.92 Å². The summed E-state index contributed by atoms with van der Waals surface area (Å²) < 4.78 is 38.9. The van der Waals surface area contributed by atoms with E-state index in [9.17, 15) is 22.8 Å². The lowest BCUT2D eigenvalue weighted by atomic mass is 9.97. The van der Waals surface area contributed by atoms with Crippen molar-refractivity contribution in [3.63, 3.8) is 0 Å². The Morgan fingerprint density at radius 1 is 1.24 bits per heavy atom. The van der Waals surface area contributed by atoms with Crippen LogP contribution in [0.5, 0.6) is 0 Å². The lowest BCUT2D eigenvalue weighted by Gasteiger charge is -2.14. The summed E-state index contributed by atoms with van der Waals surface area (Å²) in [6.07, 6.45) is -1.13. The van der Waals surface area contributed by atoms with Crippen molar-refractivity contribution in [2.75, 3.05) is 18.4 Å². The van der Waals surface area contributed by atoms with Crippen LogP contribution in [0.4, 0.5) is 23.7 Å². The second kappa shape index (κ2) is 5.63. The second-order valence-corrected chi connectivity index (χ2v) is 5.01. The Morgan fingerprint density at radius 2 is 1.81 bits per heavy atom. The number of hydrogen-bond donors (Lipinski definition) is 2.